The number of methoxy groups -OCH3 is 1. The van der Waals surface area contributed by atoms with Crippen LogP contribution in [0.5, 0.6) is 5.75 Å². The molecule has 1 aromatic rings. The maximum absolute atomic E-state index is 11.8. The van der Waals surface area contributed by atoms with Gasteiger partial charge < -0.3 is 9.64 Å². The minimum atomic E-state index is 0.269. The highest BCUT2D eigenvalue weighted by molar-refractivity contribution is 7.99. The Bertz CT molecular complexity index is 372. The van der Waals surface area contributed by atoms with Gasteiger partial charge in [0.1, 0.15) is 5.75 Å². The molecule has 0 spiro atoms. The fraction of sp³-hybridized carbons (Fsp3) is 0.462. The number of carbonyl (C=O) groups is 1. The molecule has 3 nitrogen and oxygen atoms in total. The molecule has 0 radical (unpaired) electrons. The number of aryl methyl sites for hydroxylation is 1. The summed E-state index contributed by atoms with van der Waals surface area (Å²) in [5, 5.41) is 0. The fourth-order valence-corrected chi connectivity index (χ4v) is 2.78. The third kappa shape index (κ3) is 3.40. The Balaban J connectivity index is 1.82. The maximum atomic E-state index is 11.8. The molecule has 0 atom stereocenters. The molecule has 1 amide bonds. The van der Waals surface area contributed by atoms with Crippen molar-refractivity contribution in [2.24, 2.45) is 0 Å². The number of nitrogens with zero attached hydrogens (tertiary/aromatic N) is 1. The molecule has 1 heterocycles. The number of amides is 1. The molecule has 0 N–H and O–H groups in total. The predicted molar refractivity (Wildman–Crippen MR) is 70.4 cm³/mol. The van der Waals surface area contributed by atoms with E-state index in [1.54, 1.807) is 7.11 Å². The molecule has 0 bridgehead atoms. The van der Waals surface area contributed by atoms with E-state index < -0.39 is 0 Å². The Morgan fingerprint density at radius 1 is 1.41 bits per heavy atom. The van der Waals surface area contributed by atoms with Crippen molar-refractivity contribution in [2.45, 2.75) is 12.8 Å². The van der Waals surface area contributed by atoms with E-state index in [2.05, 4.69) is 0 Å². The largest absolute Gasteiger partial charge is 0.497 e. The van der Waals surface area contributed by atoms with Crippen molar-refractivity contribution < 1.29 is 9.53 Å². The minimum absolute atomic E-state index is 0.269. The van der Waals surface area contributed by atoms with E-state index in [-0.39, 0.29) is 5.91 Å². The number of thioether (sulfide) groups is 1. The summed E-state index contributed by atoms with van der Waals surface area (Å²) in [6.45, 7) is 0.909. The van der Waals surface area contributed by atoms with Crippen LogP contribution in [0.3, 0.4) is 0 Å². The Hall–Kier alpha value is -1.16. The lowest BCUT2D eigenvalue weighted by molar-refractivity contribution is -0.129. The summed E-state index contributed by atoms with van der Waals surface area (Å²) < 4.78 is 5.10. The molecule has 1 aliphatic rings. The van der Waals surface area contributed by atoms with Gasteiger partial charge in [-0.1, -0.05) is 12.1 Å². The molecule has 1 aliphatic heterocycles. The summed E-state index contributed by atoms with van der Waals surface area (Å²) in [4.78, 5) is 13.8. The first-order chi connectivity index (χ1) is 8.29. The van der Waals surface area contributed by atoms with Gasteiger partial charge in [-0.3, -0.25) is 4.79 Å². The van der Waals surface area contributed by atoms with Crippen molar-refractivity contribution in [3.05, 3.63) is 29.8 Å². The average molecular weight is 251 g/mol. The Kier molecular flexibility index (Phi) is 4.31. The van der Waals surface area contributed by atoms with Crippen molar-refractivity contribution in [1.82, 2.24) is 4.90 Å². The summed E-state index contributed by atoms with van der Waals surface area (Å²) in [6, 6.07) is 7.91. The van der Waals surface area contributed by atoms with E-state index in [9.17, 15) is 4.79 Å². The number of rotatable bonds is 4. The minimum Gasteiger partial charge on any atom is -0.497 e. The smallest absolute Gasteiger partial charge is 0.223 e. The van der Waals surface area contributed by atoms with Gasteiger partial charge in [0.15, 0.2) is 0 Å². The summed E-state index contributed by atoms with van der Waals surface area (Å²) in [5.74, 6) is 3.07. The zero-order valence-electron chi connectivity index (χ0n) is 10.0. The highest BCUT2D eigenvalue weighted by Gasteiger charge is 2.17. The van der Waals surface area contributed by atoms with Crippen LogP contribution < -0.4 is 4.74 Å². The van der Waals surface area contributed by atoms with Crippen LogP contribution in [0, 0.1) is 0 Å². The standard InChI is InChI=1S/C13H17NO2S/c1-16-12-5-2-11(3-6-12)4-7-13(15)14-8-9-17-10-14/h2-3,5-6H,4,7-10H2,1H3. The van der Waals surface area contributed by atoms with Crippen LogP contribution in [0.1, 0.15) is 12.0 Å². The van der Waals surface area contributed by atoms with Gasteiger partial charge in [-0.05, 0) is 24.1 Å². The molecule has 0 saturated carbocycles. The van der Waals surface area contributed by atoms with Crippen LogP contribution in [0.15, 0.2) is 24.3 Å². The molecule has 1 saturated heterocycles. The van der Waals surface area contributed by atoms with Crippen LogP contribution >= 0.6 is 11.8 Å². The lowest BCUT2D eigenvalue weighted by Crippen LogP contribution is -2.27. The van der Waals surface area contributed by atoms with Crippen molar-refractivity contribution in [3.8, 4) is 5.75 Å². The molecule has 1 aromatic carbocycles. The zero-order valence-corrected chi connectivity index (χ0v) is 10.8. The second-order valence-electron chi connectivity index (χ2n) is 4.04. The second-order valence-corrected chi connectivity index (χ2v) is 5.12. The van der Waals surface area contributed by atoms with E-state index in [0.717, 1.165) is 30.3 Å². The van der Waals surface area contributed by atoms with Gasteiger partial charge in [-0.15, -0.1) is 11.8 Å². The molecule has 4 heteroatoms. The van der Waals surface area contributed by atoms with Gasteiger partial charge in [0.2, 0.25) is 5.91 Å². The van der Waals surface area contributed by atoms with Gasteiger partial charge in [0.25, 0.3) is 0 Å². The van der Waals surface area contributed by atoms with Gasteiger partial charge in [-0.25, -0.2) is 0 Å². The SMILES string of the molecule is COc1ccc(CCC(=O)N2CCSC2)cc1. The van der Waals surface area contributed by atoms with Crippen LogP contribution in [-0.4, -0.2) is 36.1 Å². The summed E-state index contributed by atoms with van der Waals surface area (Å²) in [6.07, 6.45) is 1.41. The first-order valence-electron chi connectivity index (χ1n) is 5.78. The fourth-order valence-electron chi connectivity index (χ4n) is 1.81. The van der Waals surface area contributed by atoms with Gasteiger partial charge in [-0.2, -0.15) is 0 Å². The topological polar surface area (TPSA) is 29.5 Å². The lowest BCUT2D eigenvalue weighted by atomic mass is 10.1. The van der Waals surface area contributed by atoms with Crippen LogP contribution in [0.25, 0.3) is 0 Å². The normalized spacial score (nSPS) is 15.0. The molecule has 0 unspecified atom stereocenters. The highest BCUT2D eigenvalue weighted by atomic mass is 32.2. The number of hydrogen-bond acceptors (Lipinski definition) is 3. The molecular weight excluding hydrogens is 234 g/mol. The lowest BCUT2D eigenvalue weighted by Gasteiger charge is -2.14. The Morgan fingerprint density at radius 3 is 2.76 bits per heavy atom. The van der Waals surface area contributed by atoms with Crippen molar-refractivity contribution >= 4 is 17.7 Å². The highest BCUT2D eigenvalue weighted by Crippen LogP contribution is 2.16. The quantitative estimate of drug-likeness (QED) is 0.821. The number of benzene rings is 1. The van der Waals surface area contributed by atoms with E-state index in [1.165, 1.54) is 5.56 Å². The van der Waals surface area contributed by atoms with E-state index in [0.29, 0.717) is 6.42 Å². The average Bonchev–Trinajstić information content (AvgIpc) is 2.90. The molecular formula is C13H17NO2S. The molecule has 0 aliphatic carbocycles. The molecule has 17 heavy (non-hydrogen) atoms. The maximum Gasteiger partial charge on any atom is 0.223 e. The molecule has 92 valence electrons. The Labute approximate surface area is 106 Å². The molecule has 2 rings (SSSR count). The van der Waals surface area contributed by atoms with E-state index in [1.807, 2.05) is 40.9 Å². The summed E-state index contributed by atoms with van der Waals surface area (Å²) in [5.41, 5.74) is 1.19. The van der Waals surface area contributed by atoms with Crippen molar-refractivity contribution in [3.63, 3.8) is 0 Å². The number of hydrogen-bond donors (Lipinski definition) is 0. The van der Waals surface area contributed by atoms with Crippen molar-refractivity contribution in [1.29, 1.82) is 0 Å². The molecule has 1 fully saturated rings. The second kappa shape index (κ2) is 5.96. The summed E-state index contributed by atoms with van der Waals surface area (Å²) >= 11 is 1.83. The van der Waals surface area contributed by atoms with Gasteiger partial charge in [0.05, 0.1) is 13.0 Å². The van der Waals surface area contributed by atoms with Crippen LogP contribution in [0.4, 0.5) is 0 Å². The number of carbonyl (C=O) groups excluding carboxylic acids is 1. The van der Waals surface area contributed by atoms with E-state index >= 15 is 0 Å². The number of ether oxygens (including phenoxy) is 1. The van der Waals surface area contributed by atoms with E-state index in [4.69, 9.17) is 4.74 Å². The third-order valence-electron chi connectivity index (χ3n) is 2.89. The zero-order chi connectivity index (χ0) is 12.1. The van der Waals surface area contributed by atoms with Crippen molar-refractivity contribution in [2.75, 3.05) is 25.3 Å². The first kappa shape index (κ1) is 12.3. The van der Waals surface area contributed by atoms with Crippen LogP contribution in [0.2, 0.25) is 0 Å². The van der Waals surface area contributed by atoms with Gasteiger partial charge >= 0.3 is 0 Å². The van der Waals surface area contributed by atoms with Gasteiger partial charge in [0, 0.05) is 18.7 Å². The predicted octanol–water partition coefficient (Wildman–Crippen LogP) is 2.16. The third-order valence-corrected chi connectivity index (χ3v) is 3.86. The first-order valence-corrected chi connectivity index (χ1v) is 6.93. The molecule has 0 aromatic heterocycles. The monoisotopic (exact) mass is 251 g/mol. The van der Waals surface area contributed by atoms with Crippen LogP contribution in [-0.2, 0) is 11.2 Å². The Morgan fingerprint density at radius 2 is 2.18 bits per heavy atom. The summed E-state index contributed by atoms with van der Waals surface area (Å²) in [7, 11) is 1.66.